The summed E-state index contributed by atoms with van der Waals surface area (Å²) < 4.78 is 5.98. The molecule has 5 atom stereocenters. The van der Waals surface area contributed by atoms with Gasteiger partial charge >= 0.3 is 0 Å². The minimum Gasteiger partial charge on any atom is -0.432 e. The van der Waals surface area contributed by atoms with Crippen LogP contribution in [0, 0.1) is 23.2 Å². The van der Waals surface area contributed by atoms with Crippen molar-refractivity contribution in [2.45, 2.75) is 71.5 Å². The fourth-order valence-corrected chi connectivity index (χ4v) is 4.28. The zero-order chi connectivity index (χ0) is 14.4. The maximum Gasteiger partial charge on any atom is 0.292 e. The first kappa shape index (κ1) is 15.3. The minimum absolute atomic E-state index is 0.0394. The lowest BCUT2D eigenvalue weighted by Crippen LogP contribution is -2.67. The standard InChI is InChI=1S/C15H30BNO2/c1-9(2)6-13(17)16-19-12-8-10-7-11(14(10,3)4)15(12,5)18/h9-13,16,18H,6-8,17H2,1-5H3/t10-,11-,12?,13-,15-/m0/s1. The first-order chi connectivity index (χ1) is 8.65. The summed E-state index contributed by atoms with van der Waals surface area (Å²) in [5.41, 5.74) is 5.64. The molecule has 3 saturated carbocycles. The third-order valence-corrected chi connectivity index (χ3v) is 5.61. The van der Waals surface area contributed by atoms with Crippen LogP contribution in [-0.2, 0) is 4.65 Å². The largest absolute Gasteiger partial charge is 0.432 e. The minimum atomic E-state index is -0.699. The Morgan fingerprint density at radius 1 is 1.32 bits per heavy atom. The quantitative estimate of drug-likeness (QED) is 0.748. The number of fused-ring (bicyclic) bond motifs is 2. The maximum absolute atomic E-state index is 10.8. The molecule has 0 amide bonds. The van der Waals surface area contributed by atoms with E-state index in [4.69, 9.17) is 10.4 Å². The molecule has 1 unspecified atom stereocenters. The first-order valence-electron chi connectivity index (χ1n) is 7.75. The normalized spacial score (nSPS) is 41.8. The van der Waals surface area contributed by atoms with Gasteiger partial charge in [-0.3, -0.25) is 0 Å². The second-order valence-corrected chi connectivity index (χ2v) is 7.98. The highest BCUT2D eigenvalue weighted by Crippen LogP contribution is 2.63. The van der Waals surface area contributed by atoms with E-state index in [0.717, 1.165) is 19.3 Å². The summed E-state index contributed by atoms with van der Waals surface area (Å²) in [6.07, 6.45) is 3.07. The van der Waals surface area contributed by atoms with Gasteiger partial charge in [-0.2, -0.15) is 0 Å². The smallest absolute Gasteiger partial charge is 0.292 e. The SMILES string of the molecule is CC(C)C[C@H](N)BOC1C[C@@H]2C[C@@H](C2(C)C)[C@]1(C)O. The Hall–Kier alpha value is -0.0551. The Kier molecular flexibility index (Phi) is 4.08. The predicted molar refractivity (Wildman–Crippen MR) is 80.1 cm³/mol. The molecule has 3 N–H and O–H groups in total. The van der Waals surface area contributed by atoms with Gasteiger partial charge in [0.25, 0.3) is 7.48 Å². The van der Waals surface area contributed by atoms with Crippen LogP contribution in [0.1, 0.15) is 53.9 Å². The molecule has 2 bridgehead atoms. The fourth-order valence-electron chi connectivity index (χ4n) is 4.28. The highest BCUT2D eigenvalue weighted by Gasteiger charge is 2.63. The number of nitrogens with two attached hydrogens (primary N) is 1. The van der Waals surface area contributed by atoms with Crippen molar-refractivity contribution in [3.05, 3.63) is 0 Å². The molecule has 0 spiro atoms. The molecule has 19 heavy (non-hydrogen) atoms. The lowest BCUT2D eigenvalue weighted by molar-refractivity contribution is -0.239. The molecule has 3 nitrogen and oxygen atoms in total. The van der Waals surface area contributed by atoms with Crippen molar-refractivity contribution in [3.8, 4) is 0 Å². The van der Waals surface area contributed by atoms with Gasteiger partial charge in [0.05, 0.1) is 11.7 Å². The van der Waals surface area contributed by atoms with Gasteiger partial charge in [-0.1, -0.05) is 27.7 Å². The van der Waals surface area contributed by atoms with Gasteiger partial charge in [-0.05, 0) is 49.4 Å². The Morgan fingerprint density at radius 2 is 1.95 bits per heavy atom. The van der Waals surface area contributed by atoms with E-state index in [1.807, 2.05) is 6.92 Å². The summed E-state index contributed by atoms with van der Waals surface area (Å²) in [4.78, 5) is 0. The molecule has 3 rings (SSSR count). The van der Waals surface area contributed by atoms with E-state index < -0.39 is 5.60 Å². The number of hydrogen-bond donors (Lipinski definition) is 2. The van der Waals surface area contributed by atoms with Gasteiger partial charge in [0, 0.05) is 5.94 Å². The summed E-state index contributed by atoms with van der Waals surface area (Å²) in [6, 6.07) is 0. The molecule has 3 fully saturated rings. The van der Waals surface area contributed by atoms with Crippen molar-refractivity contribution in [2.24, 2.45) is 28.9 Å². The van der Waals surface area contributed by atoms with Crippen molar-refractivity contribution in [1.82, 2.24) is 0 Å². The monoisotopic (exact) mass is 267 g/mol. The van der Waals surface area contributed by atoms with Crippen LogP contribution in [0.5, 0.6) is 0 Å². The maximum atomic E-state index is 10.8. The van der Waals surface area contributed by atoms with Gasteiger partial charge in [-0.25, -0.2) is 0 Å². The fraction of sp³-hybridized carbons (Fsp3) is 1.00. The van der Waals surface area contributed by atoms with Crippen LogP contribution in [0.15, 0.2) is 0 Å². The Morgan fingerprint density at radius 3 is 2.42 bits per heavy atom. The lowest BCUT2D eigenvalue weighted by atomic mass is 9.43. The molecule has 3 aliphatic carbocycles. The van der Waals surface area contributed by atoms with Crippen molar-refractivity contribution in [2.75, 3.05) is 0 Å². The molecule has 0 heterocycles. The van der Waals surface area contributed by atoms with Crippen LogP contribution in [0.25, 0.3) is 0 Å². The number of hydrogen-bond acceptors (Lipinski definition) is 3. The third kappa shape index (κ3) is 2.72. The molecule has 0 radical (unpaired) electrons. The summed E-state index contributed by atoms with van der Waals surface area (Å²) in [5, 5.41) is 10.8. The second-order valence-electron chi connectivity index (χ2n) is 7.98. The van der Waals surface area contributed by atoms with Crippen LogP contribution in [0.3, 0.4) is 0 Å². The van der Waals surface area contributed by atoms with Crippen LogP contribution < -0.4 is 5.73 Å². The van der Waals surface area contributed by atoms with Crippen LogP contribution in [-0.4, -0.2) is 30.2 Å². The van der Waals surface area contributed by atoms with Crippen molar-refractivity contribution < 1.29 is 9.76 Å². The zero-order valence-electron chi connectivity index (χ0n) is 13.1. The Labute approximate surface area is 118 Å². The van der Waals surface area contributed by atoms with E-state index in [-0.39, 0.29) is 17.5 Å². The first-order valence-corrected chi connectivity index (χ1v) is 7.75. The van der Waals surface area contributed by atoms with E-state index in [2.05, 4.69) is 27.7 Å². The summed E-state index contributed by atoms with van der Waals surface area (Å²) in [7, 11) is 0.568. The zero-order valence-corrected chi connectivity index (χ0v) is 13.1. The van der Waals surface area contributed by atoms with Crippen molar-refractivity contribution in [3.63, 3.8) is 0 Å². The molecular weight excluding hydrogens is 237 g/mol. The topological polar surface area (TPSA) is 55.5 Å². The summed E-state index contributed by atoms with van der Waals surface area (Å²) in [5.74, 6) is 1.74. The average molecular weight is 267 g/mol. The lowest BCUT2D eigenvalue weighted by Gasteiger charge is -2.65. The molecule has 4 heteroatoms. The molecule has 110 valence electrons. The molecule has 0 aromatic rings. The van der Waals surface area contributed by atoms with Gasteiger partial charge in [0.2, 0.25) is 0 Å². The van der Waals surface area contributed by atoms with E-state index in [9.17, 15) is 5.11 Å². The number of aliphatic hydroxyl groups is 1. The molecule has 3 aliphatic rings. The molecule has 0 aromatic heterocycles. The number of rotatable bonds is 5. The molecule has 0 saturated heterocycles. The Balaban J connectivity index is 1.89. The predicted octanol–water partition coefficient (Wildman–Crippen LogP) is 1.87. The third-order valence-electron chi connectivity index (χ3n) is 5.61. The Bertz CT molecular complexity index is 330. The van der Waals surface area contributed by atoms with E-state index in [1.54, 1.807) is 0 Å². The van der Waals surface area contributed by atoms with E-state index in [0.29, 0.717) is 25.2 Å². The van der Waals surface area contributed by atoms with E-state index >= 15 is 0 Å². The average Bonchev–Trinajstić information content (AvgIpc) is 2.24. The van der Waals surface area contributed by atoms with Crippen LogP contribution in [0.4, 0.5) is 0 Å². The molecule has 0 aliphatic heterocycles. The highest BCUT2D eigenvalue weighted by atomic mass is 16.5. The van der Waals surface area contributed by atoms with Crippen LogP contribution >= 0.6 is 0 Å². The van der Waals surface area contributed by atoms with Gasteiger partial charge in [-0.15, -0.1) is 0 Å². The van der Waals surface area contributed by atoms with Gasteiger partial charge < -0.3 is 15.5 Å². The van der Waals surface area contributed by atoms with Crippen molar-refractivity contribution in [1.29, 1.82) is 0 Å². The molecule has 0 aromatic carbocycles. The van der Waals surface area contributed by atoms with E-state index in [1.165, 1.54) is 0 Å². The summed E-state index contributed by atoms with van der Waals surface area (Å²) >= 11 is 0. The van der Waals surface area contributed by atoms with Gasteiger partial charge in [0.1, 0.15) is 0 Å². The molecular formula is C15H30BNO2. The highest BCUT2D eigenvalue weighted by molar-refractivity contribution is 6.29. The van der Waals surface area contributed by atoms with Crippen molar-refractivity contribution >= 4 is 7.48 Å². The van der Waals surface area contributed by atoms with Crippen LogP contribution in [0.2, 0.25) is 0 Å². The summed E-state index contributed by atoms with van der Waals surface area (Å²) in [6.45, 7) is 10.9. The van der Waals surface area contributed by atoms with Gasteiger partial charge in [0.15, 0.2) is 0 Å². The second kappa shape index (κ2) is 5.05.